The number of aryl methyl sites for hydroxylation is 1. The lowest BCUT2D eigenvalue weighted by Crippen LogP contribution is -2.36. The number of benzene rings is 1. The molecule has 0 aliphatic heterocycles. The van der Waals surface area contributed by atoms with E-state index in [9.17, 15) is 18.0 Å². The average molecular weight is 385 g/mol. The second-order valence-corrected chi connectivity index (χ2v) is 8.03. The zero-order valence-corrected chi connectivity index (χ0v) is 16.6. The lowest BCUT2D eigenvalue weighted by molar-refractivity contribution is -0.141. The molecule has 1 unspecified atom stereocenters. The van der Waals surface area contributed by atoms with Gasteiger partial charge in [0.1, 0.15) is 0 Å². The monoisotopic (exact) mass is 385 g/mol. The van der Waals surface area contributed by atoms with Crippen molar-refractivity contribution < 1.29 is 23.1 Å². The van der Waals surface area contributed by atoms with E-state index in [-0.39, 0.29) is 11.4 Å². The number of hydrogen-bond donors (Lipinski definition) is 2. The molecule has 1 aromatic rings. The topological polar surface area (TPSA) is 107 Å². The van der Waals surface area contributed by atoms with Crippen LogP contribution in [0.2, 0.25) is 0 Å². The Morgan fingerprint density at radius 1 is 1.23 bits per heavy atom. The minimum absolute atomic E-state index is 0.0393. The van der Waals surface area contributed by atoms with Crippen LogP contribution >= 0.6 is 0 Å². The minimum atomic E-state index is -3.65. The summed E-state index contributed by atoms with van der Waals surface area (Å²) < 4.78 is 26.8. The number of carbonyl (C=O) groups is 2. The normalized spacial score (nSPS) is 12.7. The number of carboxylic acid groups (broad SMARTS) is 1. The highest BCUT2D eigenvalue weighted by Crippen LogP contribution is 2.23. The van der Waals surface area contributed by atoms with Crippen molar-refractivity contribution in [3.05, 3.63) is 23.8 Å². The van der Waals surface area contributed by atoms with Crippen LogP contribution in [0.25, 0.3) is 0 Å². The summed E-state index contributed by atoms with van der Waals surface area (Å²) in [7, 11) is -2.17. The molecule has 146 valence electrons. The van der Waals surface area contributed by atoms with Gasteiger partial charge in [0.05, 0.1) is 10.8 Å². The highest BCUT2D eigenvalue weighted by atomic mass is 32.2. The first kappa shape index (κ1) is 21.9. The van der Waals surface area contributed by atoms with Crippen molar-refractivity contribution in [3.8, 4) is 0 Å². The van der Waals surface area contributed by atoms with Crippen LogP contribution in [0, 0.1) is 12.8 Å². The molecular formula is C17H27N3O5S. The predicted molar refractivity (Wildman–Crippen MR) is 99.7 cm³/mol. The molecule has 1 aromatic carbocycles. The van der Waals surface area contributed by atoms with Crippen LogP contribution in [0.4, 0.5) is 10.5 Å². The van der Waals surface area contributed by atoms with E-state index in [1.165, 1.54) is 29.2 Å². The van der Waals surface area contributed by atoms with Gasteiger partial charge < -0.3 is 15.3 Å². The summed E-state index contributed by atoms with van der Waals surface area (Å²) in [5.41, 5.74) is 0.920. The van der Waals surface area contributed by atoms with Crippen molar-refractivity contribution >= 4 is 27.7 Å². The second kappa shape index (κ2) is 9.00. The molecule has 0 saturated heterocycles. The van der Waals surface area contributed by atoms with Gasteiger partial charge in [-0.2, -0.15) is 4.31 Å². The highest BCUT2D eigenvalue weighted by Gasteiger charge is 2.24. The van der Waals surface area contributed by atoms with Crippen LogP contribution in [0.15, 0.2) is 23.1 Å². The van der Waals surface area contributed by atoms with Crippen molar-refractivity contribution in [2.75, 3.05) is 32.0 Å². The van der Waals surface area contributed by atoms with Crippen molar-refractivity contribution in [2.24, 2.45) is 5.92 Å². The summed E-state index contributed by atoms with van der Waals surface area (Å²) in [5, 5.41) is 11.5. The maximum absolute atomic E-state index is 12.7. The molecule has 0 aromatic heterocycles. The van der Waals surface area contributed by atoms with Gasteiger partial charge in [0.25, 0.3) is 0 Å². The molecule has 0 aliphatic rings. The summed E-state index contributed by atoms with van der Waals surface area (Å²) >= 11 is 0. The molecule has 0 aliphatic carbocycles. The minimum Gasteiger partial charge on any atom is -0.481 e. The third-order valence-electron chi connectivity index (χ3n) is 4.08. The molecule has 0 fully saturated rings. The fourth-order valence-electron chi connectivity index (χ4n) is 2.45. The van der Waals surface area contributed by atoms with Crippen LogP contribution in [0.3, 0.4) is 0 Å². The smallest absolute Gasteiger partial charge is 0.321 e. The third-order valence-corrected chi connectivity index (χ3v) is 6.27. The molecule has 8 nitrogen and oxygen atoms in total. The molecule has 0 bridgehead atoms. The van der Waals surface area contributed by atoms with Crippen LogP contribution in [-0.2, 0) is 14.8 Å². The lowest BCUT2D eigenvalue weighted by Gasteiger charge is -2.22. The zero-order chi connectivity index (χ0) is 20.1. The highest BCUT2D eigenvalue weighted by molar-refractivity contribution is 7.89. The van der Waals surface area contributed by atoms with E-state index in [2.05, 4.69) is 5.32 Å². The van der Waals surface area contributed by atoms with Crippen LogP contribution in [-0.4, -0.2) is 61.4 Å². The molecular weight excluding hydrogens is 358 g/mol. The van der Waals surface area contributed by atoms with Crippen LogP contribution < -0.4 is 5.32 Å². The average Bonchev–Trinajstić information content (AvgIpc) is 2.56. The fraction of sp³-hybridized carbons (Fsp3) is 0.529. The summed E-state index contributed by atoms with van der Waals surface area (Å²) in [6, 6.07) is 4.16. The van der Waals surface area contributed by atoms with E-state index in [0.717, 1.165) is 0 Å². The van der Waals surface area contributed by atoms with Gasteiger partial charge in [-0.25, -0.2) is 13.2 Å². The maximum Gasteiger partial charge on any atom is 0.321 e. The number of anilines is 1. The first-order valence-corrected chi connectivity index (χ1v) is 9.84. The molecule has 0 heterocycles. The third kappa shape index (κ3) is 5.18. The molecule has 0 spiro atoms. The molecule has 2 N–H and O–H groups in total. The zero-order valence-electron chi connectivity index (χ0n) is 15.8. The predicted octanol–water partition coefficient (Wildman–Crippen LogP) is 2.21. The Morgan fingerprint density at radius 3 is 2.31 bits per heavy atom. The van der Waals surface area contributed by atoms with E-state index < -0.39 is 27.9 Å². The van der Waals surface area contributed by atoms with Gasteiger partial charge >= 0.3 is 12.0 Å². The Kier molecular flexibility index (Phi) is 7.58. The van der Waals surface area contributed by atoms with Gasteiger partial charge in [-0.05, 0) is 24.6 Å². The van der Waals surface area contributed by atoms with E-state index >= 15 is 0 Å². The fourth-order valence-corrected chi connectivity index (χ4v) is 4.16. The molecule has 0 saturated carbocycles. The number of carboxylic acids is 1. The standard InChI is InChI=1S/C17H27N3O5S/c1-6-20(7-2)26(24,25)15-10-14(9-8-12(15)3)18-17(23)19(5)11-13(4)16(21)22/h8-10,13H,6-7,11H2,1-5H3,(H,18,23)(H,21,22). The summed E-state index contributed by atoms with van der Waals surface area (Å²) in [6.07, 6.45) is 0. The summed E-state index contributed by atoms with van der Waals surface area (Å²) in [4.78, 5) is 24.5. The molecule has 1 atom stereocenters. The van der Waals surface area contributed by atoms with Crippen LogP contribution in [0.5, 0.6) is 0 Å². The summed E-state index contributed by atoms with van der Waals surface area (Å²) in [6.45, 7) is 7.48. The SMILES string of the molecule is CCN(CC)S(=O)(=O)c1cc(NC(=O)N(C)CC(C)C(=O)O)ccc1C. The Hall–Kier alpha value is -2.13. The van der Waals surface area contributed by atoms with Gasteiger partial charge in [-0.1, -0.05) is 26.8 Å². The molecule has 1 rings (SSSR count). The number of nitrogens with zero attached hydrogens (tertiary/aromatic N) is 2. The number of nitrogens with one attached hydrogen (secondary N) is 1. The van der Waals surface area contributed by atoms with Gasteiger partial charge in [0, 0.05) is 32.4 Å². The quantitative estimate of drug-likeness (QED) is 0.713. The Bertz CT molecular complexity index is 760. The largest absolute Gasteiger partial charge is 0.481 e. The molecule has 9 heteroatoms. The number of sulfonamides is 1. The van der Waals surface area contributed by atoms with E-state index in [1.54, 1.807) is 32.9 Å². The number of carbonyl (C=O) groups excluding carboxylic acids is 1. The molecule has 26 heavy (non-hydrogen) atoms. The second-order valence-electron chi connectivity index (χ2n) is 6.12. The first-order chi connectivity index (χ1) is 12.0. The van der Waals surface area contributed by atoms with Crippen molar-refractivity contribution in [1.82, 2.24) is 9.21 Å². The van der Waals surface area contributed by atoms with Gasteiger partial charge in [0.2, 0.25) is 10.0 Å². The van der Waals surface area contributed by atoms with Gasteiger partial charge in [-0.3, -0.25) is 4.79 Å². The van der Waals surface area contributed by atoms with E-state index in [1.807, 2.05) is 0 Å². The number of amides is 2. The van der Waals surface area contributed by atoms with E-state index in [4.69, 9.17) is 5.11 Å². The number of aliphatic carboxylic acids is 1. The Labute approximate surface area is 154 Å². The van der Waals surface area contributed by atoms with E-state index in [0.29, 0.717) is 24.3 Å². The summed E-state index contributed by atoms with van der Waals surface area (Å²) in [5.74, 6) is -1.70. The van der Waals surface area contributed by atoms with Crippen molar-refractivity contribution in [3.63, 3.8) is 0 Å². The Balaban J connectivity index is 3.04. The first-order valence-electron chi connectivity index (χ1n) is 8.40. The van der Waals surface area contributed by atoms with Gasteiger partial charge in [-0.15, -0.1) is 0 Å². The van der Waals surface area contributed by atoms with Crippen molar-refractivity contribution in [1.29, 1.82) is 0 Å². The van der Waals surface area contributed by atoms with Crippen molar-refractivity contribution in [2.45, 2.75) is 32.6 Å². The lowest BCUT2D eigenvalue weighted by atomic mass is 10.2. The maximum atomic E-state index is 12.7. The molecule has 2 amide bonds. The number of urea groups is 1. The van der Waals surface area contributed by atoms with Gasteiger partial charge in [0.15, 0.2) is 0 Å². The number of hydrogen-bond acceptors (Lipinski definition) is 4. The Morgan fingerprint density at radius 2 is 1.81 bits per heavy atom. The molecule has 0 radical (unpaired) electrons. The van der Waals surface area contributed by atoms with Crippen LogP contribution in [0.1, 0.15) is 26.3 Å². The number of rotatable bonds is 8.